The lowest BCUT2D eigenvalue weighted by Crippen LogP contribution is -2.06. The number of nitrogens with one attached hydrogen (secondary N) is 1. The van der Waals surface area contributed by atoms with Crippen LogP contribution >= 0.6 is 0 Å². The number of hydrogen-bond acceptors (Lipinski definition) is 3. The zero-order valence-electron chi connectivity index (χ0n) is 20.1. The number of nitrogens with zero attached hydrogens (tertiary/aromatic N) is 3. The second kappa shape index (κ2) is 7.91. The van der Waals surface area contributed by atoms with Crippen LogP contribution in [0.15, 0.2) is 71.9 Å². The molecule has 0 aliphatic carbocycles. The first-order valence-electron chi connectivity index (χ1n) is 12.1. The first-order chi connectivity index (χ1) is 16.5. The molecule has 6 rings (SSSR count). The average Bonchev–Trinajstić information content (AvgIpc) is 3.51. The Balaban J connectivity index is 1.34. The summed E-state index contributed by atoms with van der Waals surface area (Å²) in [6.45, 7) is 8.73. The highest BCUT2D eigenvalue weighted by Crippen LogP contribution is 2.36. The van der Waals surface area contributed by atoms with E-state index in [0.717, 1.165) is 51.4 Å². The number of imidazole rings is 1. The van der Waals surface area contributed by atoms with Crippen molar-refractivity contribution in [1.82, 2.24) is 15.0 Å². The van der Waals surface area contributed by atoms with Gasteiger partial charge in [0, 0.05) is 34.6 Å². The number of fused-ring (bicyclic) bond motifs is 4. The minimum Gasteiger partial charge on any atom is -0.342 e. The maximum absolute atomic E-state index is 4.98. The Morgan fingerprint density at radius 3 is 2.38 bits per heavy atom. The molecule has 4 heteroatoms. The Morgan fingerprint density at radius 1 is 0.794 bits per heavy atom. The van der Waals surface area contributed by atoms with Gasteiger partial charge in [0.1, 0.15) is 5.82 Å². The van der Waals surface area contributed by atoms with Crippen molar-refractivity contribution in [2.24, 2.45) is 10.9 Å². The Bertz CT molecular complexity index is 1590. The van der Waals surface area contributed by atoms with Crippen LogP contribution in [0, 0.1) is 5.92 Å². The number of hydrogen-bond donors (Lipinski definition) is 1. The van der Waals surface area contributed by atoms with E-state index >= 15 is 0 Å². The second-order valence-electron chi connectivity index (χ2n) is 9.87. The molecular weight excluding hydrogens is 416 g/mol. The average molecular weight is 445 g/mol. The van der Waals surface area contributed by atoms with E-state index in [4.69, 9.17) is 9.98 Å². The van der Waals surface area contributed by atoms with Crippen molar-refractivity contribution in [3.63, 3.8) is 0 Å². The number of aromatic amines is 1. The monoisotopic (exact) mass is 444 g/mol. The molecule has 0 atom stereocenters. The van der Waals surface area contributed by atoms with E-state index in [0.29, 0.717) is 11.8 Å². The number of aliphatic imine (C=N–C) groups is 1. The molecule has 0 radical (unpaired) electrons. The van der Waals surface area contributed by atoms with Crippen molar-refractivity contribution in [3.05, 3.63) is 78.2 Å². The molecule has 34 heavy (non-hydrogen) atoms. The SMILES string of the molecule is CC(C)C1=Nc2ccc3cc(-c4ccc5cc(-c6cnc(C(C)C)[nH]6)ccc5n4)ccc3c2C1. The van der Waals surface area contributed by atoms with E-state index < -0.39 is 0 Å². The van der Waals surface area contributed by atoms with Gasteiger partial charge in [0.2, 0.25) is 0 Å². The van der Waals surface area contributed by atoms with E-state index in [1.807, 2.05) is 6.20 Å². The minimum atomic E-state index is 0.381. The predicted molar refractivity (Wildman–Crippen MR) is 142 cm³/mol. The summed E-state index contributed by atoms with van der Waals surface area (Å²) in [7, 11) is 0. The summed E-state index contributed by atoms with van der Waals surface area (Å²) in [6.07, 6.45) is 2.87. The second-order valence-corrected chi connectivity index (χ2v) is 9.87. The summed E-state index contributed by atoms with van der Waals surface area (Å²) in [4.78, 5) is 17.8. The fourth-order valence-electron chi connectivity index (χ4n) is 4.77. The summed E-state index contributed by atoms with van der Waals surface area (Å²) in [6, 6.07) is 21.7. The van der Waals surface area contributed by atoms with Gasteiger partial charge in [-0.2, -0.15) is 0 Å². The fourth-order valence-corrected chi connectivity index (χ4v) is 4.77. The van der Waals surface area contributed by atoms with Crippen molar-refractivity contribution < 1.29 is 0 Å². The number of H-pyrrole nitrogens is 1. The van der Waals surface area contributed by atoms with Crippen molar-refractivity contribution in [3.8, 4) is 22.5 Å². The highest BCUT2D eigenvalue weighted by molar-refractivity contribution is 6.03. The number of aromatic nitrogens is 3. The van der Waals surface area contributed by atoms with E-state index in [1.165, 1.54) is 22.0 Å². The van der Waals surface area contributed by atoms with Gasteiger partial charge in [0.25, 0.3) is 0 Å². The van der Waals surface area contributed by atoms with Crippen LogP contribution in [0.4, 0.5) is 5.69 Å². The zero-order chi connectivity index (χ0) is 23.4. The van der Waals surface area contributed by atoms with Crippen LogP contribution in [-0.2, 0) is 6.42 Å². The van der Waals surface area contributed by atoms with Crippen LogP contribution in [-0.4, -0.2) is 20.7 Å². The molecule has 5 aromatic rings. The Hall–Kier alpha value is -3.79. The standard InChI is InChI=1S/C30H28N4/c1-17(2)28-15-24-23-9-5-20(13-19(23)6-12-27(24)33-28)25-10-7-21-14-22(8-11-26(21)32-25)29-16-31-30(34-29)18(3)4/h5-14,16-18H,15H2,1-4H3,(H,31,34). The highest BCUT2D eigenvalue weighted by Gasteiger charge is 2.19. The van der Waals surface area contributed by atoms with Crippen molar-refractivity contribution in [2.75, 3.05) is 0 Å². The van der Waals surface area contributed by atoms with E-state index in [2.05, 4.69) is 98.3 Å². The van der Waals surface area contributed by atoms with Crippen LogP contribution in [0.1, 0.15) is 45.0 Å². The molecule has 0 bridgehead atoms. The molecule has 1 aliphatic rings. The lowest BCUT2D eigenvalue weighted by molar-refractivity contribution is 0.795. The minimum absolute atomic E-state index is 0.381. The van der Waals surface area contributed by atoms with Crippen LogP contribution < -0.4 is 0 Å². The molecule has 0 saturated heterocycles. The third-order valence-corrected chi connectivity index (χ3v) is 6.83. The predicted octanol–water partition coefficient (Wildman–Crippen LogP) is 7.85. The Labute approximate surface area is 199 Å². The largest absolute Gasteiger partial charge is 0.342 e. The molecule has 0 spiro atoms. The summed E-state index contributed by atoms with van der Waals surface area (Å²) in [5, 5.41) is 3.67. The lowest BCUT2D eigenvalue weighted by atomic mass is 9.96. The summed E-state index contributed by atoms with van der Waals surface area (Å²) < 4.78 is 0. The lowest BCUT2D eigenvalue weighted by Gasteiger charge is -2.09. The normalized spacial score (nSPS) is 13.3. The van der Waals surface area contributed by atoms with Gasteiger partial charge < -0.3 is 4.98 Å². The van der Waals surface area contributed by atoms with Crippen LogP contribution in [0.3, 0.4) is 0 Å². The first kappa shape index (κ1) is 20.8. The van der Waals surface area contributed by atoms with E-state index in [-0.39, 0.29) is 0 Å². The van der Waals surface area contributed by atoms with Gasteiger partial charge >= 0.3 is 0 Å². The summed E-state index contributed by atoms with van der Waals surface area (Å²) in [5.74, 6) is 1.87. The number of benzene rings is 3. The maximum atomic E-state index is 4.98. The maximum Gasteiger partial charge on any atom is 0.109 e. The van der Waals surface area contributed by atoms with Crippen LogP contribution in [0.5, 0.6) is 0 Å². The molecule has 0 fully saturated rings. The molecule has 2 aromatic heterocycles. The third-order valence-electron chi connectivity index (χ3n) is 6.83. The molecule has 3 aromatic carbocycles. The van der Waals surface area contributed by atoms with Gasteiger partial charge in [-0.05, 0) is 52.6 Å². The molecule has 0 amide bonds. The van der Waals surface area contributed by atoms with Crippen LogP contribution in [0.25, 0.3) is 44.2 Å². The molecule has 0 saturated carbocycles. The van der Waals surface area contributed by atoms with E-state index in [1.54, 1.807) is 0 Å². The molecule has 3 heterocycles. The number of rotatable bonds is 4. The first-order valence-corrected chi connectivity index (χ1v) is 12.1. The quantitative estimate of drug-likeness (QED) is 0.307. The number of pyridine rings is 1. The molecule has 168 valence electrons. The van der Waals surface area contributed by atoms with Gasteiger partial charge in [-0.1, -0.05) is 58.0 Å². The zero-order valence-corrected chi connectivity index (χ0v) is 20.1. The van der Waals surface area contributed by atoms with Gasteiger partial charge in [0.15, 0.2) is 0 Å². The van der Waals surface area contributed by atoms with Crippen molar-refractivity contribution in [1.29, 1.82) is 0 Å². The Morgan fingerprint density at radius 2 is 1.59 bits per heavy atom. The molecule has 4 nitrogen and oxygen atoms in total. The Kier molecular flexibility index (Phi) is 4.84. The highest BCUT2D eigenvalue weighted by atomic mass is 14.9. The van der Waals surface area contributed by atoms with Gasteiger partial charge in [0.05, 0.1) is 28.8 Å². The smallest absolute Gasteiger partial charge is 0.109 e. The molecular formula is C30H28N4. The molecule has 1 aliphatic heterocycles. The van der Waals surface area contributed by atoms with Crippen molar-refractivity contribution >= 4 is 33.1 Å². The summed E-state index contributed by atoms with van der Waals surface area (Å²) in [5.41, 5.74) is 9.05. The van der Waals surface area contributed by atoms with Gasteiger partial charge in [-0.25, -0.2) is 9.97 Å². The van der Waals surface area contributed by atoms with Gasteiger partial charge in [-0.15, -0.1) is 0 Å². The molecule has 1 N–H and O–H groups in total. The third kappa shape index (κ3) is 3.50. The van der Waals surface area contributed by atoms with E-state index in [9.17, 15) is 0 Å². The van der Waals surface area contributed by atoms with Crippen LogP contribution in [0.2, 0.25) is 0 Å². The summed E-state index contributed by atoms with van der Waals surface area (Å²) >= 11 is 0. The fraction of sp³-hybridized carbons (Fsp3) is 0.233. The van der Waals surface area contributed by atoms with Gasteiger partial charge in [-0.3, -0.25) is 4.99 Å². The topological polar surface area (TPSA) is 53.9 Å². The molecule has 0 unspecified atom stereocenters. The van der Waals surface area contributed by atoms with Crippen molar-refractivity contribution in [2.45, 2.75) is 40.0 Å².